The van der Waals surface area contributed by atoms with E-state index < -0.39 is 11.9 Å². The molecule has 2 fully saturated rings. The number of ether oxygens (including phenoxy) is 2. The number of methoxy groups -OCH3 is 1. The summed E-state index contributed by atoms with van der Waals surface area (Å²) in [6.07, 6.45) is 4.57. The van der Waals surface area contributed by atoms with Gasteiger partial charge in [-0.1, -0.05) is 0 Å². The number of likely N-dealkylation sites (tertiary alicyclic amines) is 1. The van der Waals surface area contributed by atoms with Crippen molar-refractivity contribution in [3.05, 3.63) is 36.0 Å². The highest BCUT2D eigenvalue weighted by atomic mass is 19.1. The molecule has 34 heavy (non-hydrogen) atoms. The lowest BCUT2D eigenvalue weighted by molar-refractivity contribution is 0.0937. The summed E-state index contributed by atoms with van der Waals surface area (Å²) in [5.74, 6) is 0.0580. The molecule has 178 valence electrons. The molecule has 1 aliphatic carbocycles. The summed E-state index contributed by atoms with van der Waals surface area (Å²) < 4.78 is 25.7. The molecule has 1 saturated heterocycles. The van der Waals surface area contributed by atoms with Crippen molar-refractivity contribution in [3.63, 3.8) is 0 Å². The van der Waals surface area contributed by atoms with E-state index in [0.29, 0.717) is 59.1 Å². The Kier molecular flexibility index (Phi) is 5.68. The number of benzene rings is 1. The minimum absolute atomic E-state index is 0.0679. The van der Waals surface area contributed by atoms with Gasteiger partial charge >= 0.3 is 6.09 Å². The lowest BCUT2D eigenvalue weighted by atomic mass is 10.1. The van der Waals surface area contributed by atoms with E-state index in [2.05, 4.69) is 20.3 Å². The number of hydrogen-bond acceptors (Lipinski definition) is 6. The minimum atomic E-state index is -1.01. The number of fused-ring (bicyclic) bond motifs is 1. The molecule has 1 saturated carbocycles. The zero-order valence-electron chi connectivity index (χ0n) is 18.5. The van der Waals surface area contributed by atoms with Crippen LogP contribution in [0.1, 0.15) is 29.6 Å². The summed E-state index contributed by atoms with van der Waals surface area (Å²) in [7, 11) is 1.39. The summed E-state index contributed by atoms with van der Waals surface area (Å²) in [5.41, 5.74) is 1.95. The first-order valence-corrected chi connectivity index (χ1v) is 11.1. The molecule has 0 spiro atoms. The van der Waals surface area contributed by atoms with Crippen LogP contribution < -0.4 is 14.8 Å². The molecule has 0 radical (unpaired) electrons. The normalized spacial score (nSPS) is 17.7. The molecule has 2 amide bonds. The van der Waals surface area contributed by atoms with Gasteiger partial charge in [0.05, 0.1) is 24.8 Å². The van der Waals surface area contributed by atoms with Gasteiger partial charge in [0.1, 0.15) is 23.3 Å². The lowest BCUT2D eigenvalue weighted by Gasteiger charge is -2.14. The van der Waals surface area contributed by atoms with Gasteiger partial charge in [-0.2, -0.15) is 0 Å². The smallest absolute Gasteiger partial charge is 0.407 e. The van der Waals surface area contributed by atoms with E-state index in [1.54, 1.807) is 0 Å². The molecule has 3 heterocycles. The van der Waals surface area contributed by atoms with Gasteiger partial charge in [0.15, 0.2) is 11.6 Å². The standard InChI is InChI=1S/C23H24FN5O5/c1-33-18-7-17(34-10-12-2-3-12)14(6-16(18)24)19-21-20(27-11-26-19)15(8-25-21)22(30)28-13-4-5-29(9-13)23(31)32/h6-8,11-13,25H,2-5,9-10H2,1H3,(H,28,30)(H,31,32)/t13-/m1/s1. The molecule has 2 aromatic heterocycles. The lowest BCUT2D eigenvalue weighted by Crippen LogP contribution is -2.38. The van der Waals surface area contributed by atoms with Crippen LogP contribution in [-0.4, -0.2) is 69.8 Å². The van der Waals surface area contributed by atoms with Crippen LogP contribution in [0.5, 0.6) is 11.5 Å². The van der Waals surface area contributed by atoms with Gasteiger partial charge in [0, 0.05) is 37.0 Å². The second kappa shape index (κ2) is 8.81. The van der Waals surface area contributed by atoms with Crippen LogP contribution in [0, 0.1) is 11.7 Å². The van der Waals surface area contributed by atoms with E-state index >= 15 is 0 Å². The van der Waals surface area contributed by atoms with E-state index in [9.17, 15) is 14.0 Å². The monoisotopic (exact) mass is 469 g/mol. The Morgan fingerprint density at radius 3 is 2.79 bits per heavy atom. The van der Waals surface area contributed by atoms with E-state index in [1.807, 2.05) is 0 Å². The SMILES string of the molecule is COc1cc(OCC2CC2)c(-c2ncnc3c(C(=O)N[C@@H]4CCN(C(=O)O)C4)c[nH]c23)cc1F. The molecule has 1 atom stereocenters. The fourth-order valence-electron chi connectivity index (χ4n) is 4.12. The topological polar surface area (TPSA) is 130 Å². The number of carbonyl (C=O) groups is 2. The molecule has 0 bridgehead atoms. The molecule has 3 aromatic rings. The maximum absolute atomic E-state index is 14.6. The summed E-state index contributed by atoms with van der Waals surface area (Å²) in [6, 6.07) is 2.53. The average Bonchev–Trinajstić information content (AvgIpc) is 3.35. The largest absolute Gasteiger partial charge is 0.494 e. The molecule has 11 heteroatoms. The van der Waals surface area contributed by atoms with Crippen molar-refractivity contribution in [2.75, 3.05) is 26.8 Å². The molecule has 1 aromatic carbocycles. The van der Waals surface area contributed by atoms with Gasteiger partial charge in [-0.3, -0.25) is 4.79 Å². The Balaban J connectivity index is 1.46. The summed E-state index contributed by atoms with van der Waals surface area (Å²) in [6.45, 7) is 1.12. The molecule has 3 N–H and O–H groups in total. The van der Waals surface area contributed by atoms with E-state index in [1.165, 1.54) is 36.7 Å². The fraction of sp³-hybridized carbons (Fsp3) is 0.391. The zero-order valence-corrected chi connectivity index (χ0v) is 18.5. The van der Waals surface area contributed by atoms with Gasteiger partial charge in [0.25, 0.3) is 5.91 Å². The van der Waals surface area contributed by atoms with Crippen LogP contribution in [0.15, 0.2) is 24.7 Å². The summed E-state index contributed by atoms with van der Waals surface area (Å²) in [5, 5.41) is 12.0. The van der Waals surface area contributed by atoms with Crippen LogP contribution in [0.4, 0.5) is 9.18 Å². The third kappa shape index (κ3) is 4.20. The third-order valence-electron chi connectivity index (χ3n) is 6.18. The van der Waals surface area contributed by atoms with Gasteiger partial charge < -0.3 is 29.8 Å². The Morgan fingerprint density at radius 2 is 2.09 bits per heavy atom. The number of H-pyrrole nitrogens is 1. The summed E-state index contributed by atoms with van der Waals surface area (Å²) in [4.78, 5) is 37.0. The van der Waals surface area contributed by atoms with Crippen molar-refractivity contribution in [1.29, 1.82) is 0 Å². The molecular formula is C23H24FN5O5. The maximum atomic E-state index is 14.6. The fourth-order valence-corrected chi connectivity index (χ4v) is 4.12. The van der Waals surface area contributed by atoms with E-state index in [-0.39, 0.29) is 24.2 Å². The van der Waals surface area contributed by atoms with Crippen molar-refractivity contribution in [2.24, 2.45) is 5.92 Å². The number of amides is 2. The van der Waals surface area contributed by atoms with Crippen LogP contribution in [0.3, 0.4) is 0 Å². The number of aromatic amines is 1. The number of hydrogen-bond donors (Lipinski definition) is 3. The molecule has 10 nitrogen and oxygen atoms in total. The number of carboxylic acid groups (broad SMARTS) is 1. The first-order valence-electron chi connectivity index (χ1n) is 11.1. The highest BCUT2D eigenvalue weighted by Crippen LogP contribution is 2.39. The molecule has 2 aliphatic rings. The molecular weight excluding hydrogens is 445 g/mol. The Bertz CT molecular complexity index is 1260. The van der Waals surface area contributed by atoms with Gasteiger partial charge in [0.2, 0.25) is 0 Å². The first-order chi connectivity index (χ1) is 16.4. The second-order valence-electron chi connectivity index (χ2n) is 8.57. The van der Waals surface area contributed by atoms with E-state index in [4.69, 9.17) is 14.6 Å². The molecule has 5 rings (SSSR count). The Labute approximate surface area is 194 Å². The quantitative estimate of drug-likeness (QED) is 0.485. The van der Waals surface area contributed by atoms with Crippen LogP contribution in [-0.2, 0) is 0 Å². The number of rotatable bonds is 7. The maximum Gasteiger partial charge on any atom is 0.407 e. The van der Waals surface area contributed by atoms with Crippen LogP contribution >= 0.6 is 0 Å². The summed E-state index contributed by atoms with van der Waals surface area (Å²) >= 11 is 0. The highest BCUT2D eigenvalue weighted by Gasteiger charge is 2.29. The van der Waals surface area contributed by atoms with E-state index in [0.717, 1.165) is 12.8 Å². The number of nitrogens with zero attached hydrogens (tertiary/aromatic N) is 3. The van der Waals surface area contributed by atoms with Gasteiger partial charge in [-0.15, -0.1) is 0 Å². The van der Waals surface area contributed by atoms with Crippen molar-refractivity contribution in [2.45, 2.75) is 25.3 Å². The number of nitrogens with one attached hydrogen (secondary N) is 2. The number of aromatic nitrogens is 3. The second-order valence-corrected chi connectivity index (χ2v) is 8.57. The van der Waals surface area contributed by atoms with Crippen molar-refractivity contribution < 1.29 is 28.6 Å². The van der Waals surface area contributed by atoms with Gasteiger partial charge in [-0.25, -0.2) is 19.2 Å². The molecule has 0 unspecified atom stereocenters. The zero-order chi connectivity index (χ0) is 23.8. The predicted octanol–water partition coefficient (Wildman–Crippen LogP) is 3.04. The Morgan fingerprint density at radius 1 is 1.26 bits per heavy atom. The predicted molar refractivity (Wildman–Crippen MR) is 120 cm³/mol. The first kappa shape index (κ1) is 21.9. The Hall–Kier alpha value is -3.89. The third-order valence-corrected chi connectivity index (χ3v) is 6.18. The number of carbonyl (C=O) groups excluding carboxylic acids is 1. The van der Waals surface area contributed by atoms with Crippen molar-refractivity contribution in [3.8, 4) is 22.8 Å². The highest BCUT2D eigenvalue weighted by molar-refractivity contribution is 6.08. The minimum Gasteiger partial charge on any atom is -0.494 e. The van der Waals surface area contributed by atoms with Gasteiger partial charge in [-0.05, 0) is 31.2 Å². The molecule has 1 aliphatic heterocycles. The van der Waals surface area contributed by atoms with Crippen LogP contribution in [0.25, 0.3) is 22.3 Å². The van der Waals surface area contributed by atoms with Crippen LogP contribution in [0.2, 0.25) is 0 Å². The number of halogens is 1. The van der Waals surface area contributed by atoms with Crippen molar-refractivity contribution in [1.82, 2.24) is 25.2 Å². The average molecular weight is 469 g/mol. The van der Waals surface area contributed by atoms with Crippen molar-refractivity contribution >= 4 is 23.0 Å².